The number of hydrogen-bond acceptors (Lipinski definition) is 3. The van der Waals surface area contributed by atoms with Crippen molar-refractivity contribution in [2.75, 3.05) is 0 Å². The highest BCUT2D eigenvalue weighted by atomic mass is 32.1. The van der Waals surface area contributed by atoms with E-state index in [-0.39, 0.29) is 5.78 Å². The summed E-state index contributed by atoms with van der Waals surface area (Å²) < 4.78 is 0. The fourth-order valence-electron chi connectivity index (χ4n) is 1.00. The number of ketones is 1. The van der Waals surface area contributed by atoms with Crippen LogP contribution in [0.15, 0.2) is 6.20 Å². The molecule has 0 spiro atoms. The Bertz CT molecular complexity index is 291. The zero-order valence-electron chi connectivity index (χ0n) is 8.33. The molecule has 0 radical (unpaired) electrons. The van der Waals surface area contributed by atoms with E-state index in [1.807, 2.05) is 0 Å². The van der Waals surface area contributed by atoms with E-state index in [4.69, 9.17) is 0 Å². The topological polar surface area (TPSA) is 30.0 Å². The minimum absolute atomic E-state index is 0.119. The lowest BCUT2D eigenvalue weighted by Crippen LogP contribution is -1.90. The first-order valence-electron chi connectivity index (χ1n) is 4.55. The predicted molar refractivity (Wildman–Crippen MR) is 55.3 cm³/mol. The molecule has 13 heavy (non-hydrogen) atoms. The molecule has 1 aromatic heterocycles. The van der Waals surface area contributed by atoms with Crippen LogP contribution >= 0.6 is 11.3 Å². The maximum atomic E-state index is 11.0. The number of carbonyl (C=O) groups excluding carboxylic acids is 1. The molecule has 1 rings (SSSR count). The van der Waals surface area contributed by atoms with E-state index in [1.165, 1.54) is 11.3 Å². The zero-order valence-corrected chi connectivity index (χ0v) is 9.15. The van der Waals surface area contributed by atoms with Gasteiger partial charge in [0.25, 0.3) is 0 Å². The minimum atomic E-state index is 0.119. The van der Waals surface area contributed by atoms with Crippen molar-refractivity contribution in [2.45, 2.75) is 33.6 Å². The molecular weight excluding hydrogens is 182 g/mol. The SMILES string of the molecule is CC(=O)c1cnc(CCC(C)C)s1. The van der Waals surface area contributed by atoms with E-state index in [0.717, 1.165) is 22.7 Å². The van der Waals surface area contributed by atoms with Gasteiger partial charge in [-0.2, -0.15) is 0 Å². The minimum Gasteiger partial charge on any atom is -0.294 e. The third kappa shape index (κ3) is 3.27. The van der Waals surface area contributed by atoms with Crippen molar-refractivity contribution < 1.29 is 4.79 Å². The Hall–Kier alpha value is -0.700. The summed E-state index contributed by atoms with van der Waals surface area (Å²) in [6.07, 6.45) is 3.82. The number of carbonyl (C=O) groups is 1. The highest BCUT2D eigenvalue weighted by Crippen LogP contribution is 2.16. The molecule has 1 aromatic rings. The summed E-state index contributed by atoms with van der Waals surface area (Å²) in [6.45, 7) is 5.97. The van der Waals surface area contributed by atoms with Crippen LogP contribution in [0.2, 0.25) is 0 Å². The van der Waals surface area contributed by atoms with Crippen molar-refractivity contribution >= 4 is 17.1 Å². The summed E-state index contributed by atoms with van der Waals surface area (Å²) in [4.78, 5) is 16.0. The number of hydrogen-bond donors (Lipinski definition) is 0. The van der Waals surface area contributed by atoms with Gasteiger partial charge in [0.15, 0.2) is 5.78 Å². The summed E-state index contributed by atoms with van der Waals surface area (Å²) in [5, 5.41) is 1.08. The monoisotopic (exact) mass is 197 g/mol. The number of aromatic nitrogens is 1. The molecule has 72 valence electrons. The first kappa shape index (κ1) is 10.4. The summed E-state index contributed by atoms with van der Waals surface area (Å²) in [7, 11) is 0. The van der Waals surface area contributed by atoms with Gasteiger partial charge in [-0.25, -0.2) is 4.98 Å². The van der Waals surface area contributed by atoms with Gasteiger partial charge >= 0.3 is 0 Å². The molecular formula is C10H15NOS. The van der Waals surface area contributed by atoms with E-state index >= 15 is 0 Å². The predicted octanol–water partition coefficient (Wildman–Crippen LogP) is 2.93. The van der Waals surface area contributed by atoms with Gasteiger partial charge in [0.1, 0.15) is 0 Å². The molecule has 0 N–H and O–H groups in total. The fraction of sp³-hybridized carbons (Fsp3) is 0.600. The molecule has 0 aromatic carbocycles. The van der Waals surface area contributed by atoms with Crippen LogP contribution in [0.4, 0.5) is 0 Å². The average molecular weight is 197 g/mol. The lowest BCUT2D eigenvalue weighted by atomic mass is 10.1. The maximum absolute atomic E-state index is 11.0. The second-order valence-electron chi connectivity index (χ2n) is 3.61. The summed E-state index contributed by atoms with van der Waals surface area (Å²) in [5.74, 6) is 0.818. The largest absolute Gasteiger partial charge is 0.294 e. The normalized spacial score (nSPS) is 10.8. The lowest BCUT2D eigenvalue weighted by molar-refractivity contribution is 0.102. The van der Waals surface area contributed by atoms with Crippen LogP contribution in [-0.4, -0.2) is 10.8 Å². The average Bonchev–Trinajstić information content (AvgIpc) is 2.48. The Balaban J connectivity index is 2.54. The highest BCUT2D eigenvalue weighted by molar-refractivity contribution is 7.13. The molecule has 0 saturated carbocycles. The second-order valence-corrected chi connectivity index (χ2v) is 4.72. The van der Waals surface area contributed by atoms with Crippen molar-refractivity contribution in [3.8, 4) is 0 Å². The van der Waals surface area contributed by atoms with E-state index in [2.05, 4.69) is 18.8 Å². The Morgan fingerprint density at radius 1 is 1.62 bits per heavy atom. The Labute approximate surface area is 83.0 Å². The van der Waals surface area contributed by atoms with Crippen LogP contribution in [0.5, 0.6) is 0 Å². The quantitative estimate of drug-likeness (QED) is 0.695. The van der Waals surface area contributed by atoms with Crippen molar-refractivity contribution in [3.05, 3.63) is 16.1 Å². The first-order valence-corrected chi connectivity index (χ1v) is 5.37. The van der Waals surface area contributed by atoms with Gasteiger partial charge in [-0.1, -0.05) is 13.8 Å². The molecule has 0 aliphatic rings. The Kier molecular flexibility index (Phi) is 3.60. The van der Waals surface area contributed by atoms with Gasteiger partial charge in [-0.05, 0) is 18.8 Å². The van der Waals surface area contributed by atoms with Gasteiger partial charge in [0.05, 0.1) is 9.88 Å². The van der Waals surface area contributed by atoms with Gasteiger partial charge in [0, 0.05) is 13.1 Å². The van der Waals surface area contributed by atoms with Crippen LogP contribution in [0.25, 0.3) is 0 Å². The van der Waals surface area contributed by atoms with Gasteiger partial charge in [0.2, 0.25) is 0 Å². The van der Waals surface area contributed by atoms with Crippen molar-refractivity contribution in [3.63, 3.8) is 0 Å². The molecule has 2 nitrogen and oxygen atoms in total. The molecule has 0 aliphatic heterocycles. The summed E-state index contributed by atoms with van der Waals surface area (Å²) >= 11 is 1.52. The van der Waals surface area contributed by atoms with Crippen LogP contribution in [-0.2, 0) is 6.42 Å². The molecule has 0 bridgehead atoms. The van der Waals surface area contributed by atoms with E-state index in [9.17, 15) is 4.79 Å². The van der Waals surface area contributed by atoms with Gasteiger partial charge < -0.3 is 0 Å². The number of rotatable bonds is 4. The van der Waals surface area contributed by atoms with E-state index in [0.29, 0.717) is 5.92 Å². The molecule has 0 aliphatic carbocycles. The zero-order chi connectivity index (χ0) is 9.84. The molecule has 3 heteroatoms. The molecule has 0 amide bonds. The molecule has 0 fully saturated rings. The number of nitrogens with zero attached hydrogens (tertiary/aromatic N) is 1. The number of Topliss-reactive ketones (excluding diaryl/α,β-unsaturated/α-hetero) is 1. The molecule has 1 heterocycles. The van der Waals surface area contributed by atoms with Gasteiger partial charge in [-0.15, -0.1) is 11.3 Å². The molecule has 0 unspecified atom stereocenters. The van der Waals surface area contributed by atoms with Crippen LogP contribution in [0, 0.1) is 5.92 Å². The first-order chi connectivity index (χ1) is 6.09. The van der Waals surface area contributed by atoms with Gasteiger partial charge in [-0.3, -0.25) is 4.79 Å². The Morgan fingerprint density at radius 2 is 2.31 bits per heavy atom. The third-order valence-electron chi connectivity index (χ3n) is 1.84. The van der Waals surface area contributed by atoms with Crippen molar-refractivity contribution in [1.29, 1.82) is 0 Å². The van der Waals surface area contributed by atoms with Crippen LogP contribution < -0.4 is 0 Å². The number of thiazole rings is 1. The summed E-state index contributed by atoms with van der Waals surface area (Å²) in [5.41, 5.74) is 0. The molecule has 0 saturated heterocycles. The Morgan fingerprint density at radius 3 is 2.77 bits per heavy atom. The van der Waals surface area contributed by atoms with E-state index in [1.54, 1.807) is 13.1 Å². The lowest BCUT2D eigenvalue weighted by Gasteiger charge is -1.99. The standard InChI is InChI=1S/C10H15NOS/c1-7(2)4-5-10-11-6-9(13-10)8(3)12/h6-7H,4-5H2,1-3H3. The smallest absolute Gasteiger partial charge is 0.171 e. The van der Waals surface area contributed by atoms with Crippen LogP contribution in [0.3, 0.4) is 0 Å². The van der Waals surface area contributed by atoms with Crippen LogP contribution in [0.1, 0.15) is 41.9 Å². The fourth-order valence-corrected chi connectivity index (χ4v) is 1.83. The molecule has 0 atom stereocenters. The second kappa shape index (κ2) is 4.51. The van der Waals surface area contributed by atoms with E-state index < -0.39 is 0 Å². The summed E-state index contributed by atoms with van der Waals surface area (Å²) in [6, 6.07) is 0. The van der Waals surface area contributed by atoms with Crippen molar-refractivity contribution in [2.24, 2.45) is 5.92 Å². The highest BCUT2D eigenvalue weighted by Gasteiger charge is 2.06. The van der Waals surface area contributed by atoms with Crippen molar-refractivity contribution in [1.82, 2.24) is 4.98 Å². The number of aryl methyl sites for hydroxylation is 1. The maximum Gasteiger partial charge on any atom is 0.171 e. The third-order valence-corrected chi connectivity index (χ3v) is 2.99.